The minimum Gasteiger partial charge on any atom is -0.297 e. The summed E-state index contributed by atoms with van der Waals surface area (Å²) in [6.07, 6.45) is 3.46. The van der Waals surface area contributed by atoms with Crippen LogP contribution in [0.25, 0.3) is 0 Å². The lowest BCUT2D eigenvalue weighted by Gasteiger charge is -2.21. The first-order valence-corrected chi connectivity index (χ1v) is 5.87. The molecular formula is C12H16N3O2+. The van der Waals surface area contributed by atoms with E-state index in [0.717, 1.165) is 31.0 Å². The minimum atomic E-state index is -0.229. The first kappa shape index (κ1) is 11.7. The van der Waals surface area contributed by atoms with Crippen molar-refractivity contribution in [1.82, 2.24) is 4.98 Å². The van der Waals surface area contributed by atoms with Crippen molar-refractivity contribution in [3.05, 3.63) is 27.5 Å². The van der Waals surface area contributed by atoms with Gasteiger partial charge in [0.2, 0.25) is 0 Å². The van der Waals surface area contributed by atoms with Crippen LogP contribution in [0.5, 0.6) is 5.88 Å². The van der Waals surface area contributed by atoms with Gasteiger partial charge in [0, 0.05) is 18.9 Å². The Labute approximate surface area is 99.6 Å². The standard InChI is InChI=1S/C12H15N3O2/c1-9-7-11(16)14-12(10(9)8-13)17-15-5-3-2-4-6-15/h7H,2-6H2,1H3,(H,14,16)/p+1. The number of hydroxylamine groups is 2. The van der Waals surface area contributed by atoms with Gasteiger partial charge in [0.15, 0.2) is 0 Å². The SMILES string of the molecule is Cc1cc(=O)[nH]c(O[NH+]2CCCCC2)c1C#N. The lowest BCUT2D eigenvalue weighted by Crippen LogP contribution is -3.14. The third kappa shape index (κ3) is 2.66. The predicted octanol–water partition coefficient (Wildman–Crippen LogP) is -0.0824. The van der Waals surface area contributed by atoms with E-state index in [9.17, 15) is 4.79 Å². The minimum absolute atomic E-state index is 0.229. The fraction of sp³-hybridized carbons (Fsp3) is 0.500. The van der Waals surface area contributed by atoms with Crippen molar-refractivity contribution in [2.45, 2.75) is 26.2 Å². The highest BCUT2D eigenvalue weighted by atomic mass is 16.7. The molecule has 1 aromatic heterocycles. The second-order valence-electron chi connectivity index (χ2n) is 4.33. The van der Waals surface area contributed by atoms with E-state index in [1.807, 2.05) is 0 Å². The predicted molar refractivity (Wildman–Crippen MR) is 61.7 cm³/mol. The fourth-order valence-corrected chi connectivity index (χ4v) is 2.07. The monoisotopic (exact) mass is 234 g/mol. The van der Waals surface area contributed by atoms with Crippen LogP contribution >= 0.6 is 0 Å². The number of nitriles is 1. The largest absolute Gasteiger partial charge is 0.297 e. The second kappa shape index (κ2) is 5.02. The Morgan fingerprint density at radius 2 is 2.12 bits per heavy atom. The molecule has 5 nitrogen and oxygen atoms in total. The summed E-state index contributed by atoms with van der Waals surface area (Å²) < 4.78 is 0. The van der Waals surface area contributed by atoms with Gasteiger partial charge in [-0.3, -0.25) is 14.6 Å². The number of nitrogens with one attached hydrogen (secondary N) is 2. The van der Waals surface area contributed by atoms with E-state index in [-0.39, 0.29) is 5.56 Å². The highest BCUT2D eigenvalue weighted by Gasteiger charge is 2.19. The number of H-pyrrole nitrogens is 1. The molecule has 0 atom stereocenters. The number of hydrogen-bond donors (Lipinski definition) is 2. The molecule has 1 aliphatic heterocycles. The molecule has 0 saturated carbocycles. The van der Waals surface area contributed by atoms with Crippen LogP contribution in [-0.4, -0.2) is 18.1 Å². The summed E-state index contributed by atoms with van der Waals surface area (Å²) in [4.78, 5) is 19.6. The molecule has 0 spiro atoms. The summed E-state index contributed by atoms with van der Waals surface area (Å²) in [5.74, 6) is 0.300. The number of hydrogen-bond acceptors (Lipinski definition) is 3. The summed E-state index contributed by atoms with van der Waals surface area (Å²) in [6.45, 7) is 3.58. The normalized spacial score (nSPS) is 16.5. The Morgan fingerprint density at radius 3 is 2.76 bits per heavy atom. The number of rotatable bonds is 2. The van der Waals surface area contributed by atoms with Gasteiger partial charge in [-0.2, -0.15) is 5.26 Å². The molecule has 2 heterocycles. The number of pyridine rings is 1. The first-order chi connectivity index (χ1) is 8.20. The zero-order chi connectivity index (χ0) is 12.3. The van der Waals surface area contributed by atoms with Crippen molar-refractivity contribution < 1.29 is 9.90 Å². The molecule has 2 N–H and O–H groups in total. The molecule has 90 valence electrons. The molecule has 1 fully saturated rings. The quantitative estimate of drug-likeness (QED) is 0.751. The van der Waals surface area contributed by atoms with Gasteiger partial charge in [0.25, 0.3) is 11.4 Å². The maximum absolute atomic E-state index is 11.4. The van der Waals surface area contributed by atoms with Gasteiger partial charge in [0.05, 0.1) is 0 Å². The van der Waals surface area contributed by atoms with Gasteiger partial charge in [-0.25, -0.2) is 0 Å². The van der Waals surface area contributed by atoms with Crippen molar-refractivity contribution in [1.29, 1.82) is 5.26 Å². The topological polar surface area (TPSA) is 70.3 Å². The molecule has 0 aliphatic carbocycles. The summed E-state index contributed by atoms with van der Waals surface area (Å²) in [7, 11) is 0. The maximum atomic E-state index is 11.4. The Hall–Kier alpha value is -1.80. The number of nitrogens with zero attached hydrogens (tertiary/aromatic N) is 1. The summed E-state index contributed by atoms with van der Waals surface area (Å²) in [5.41, 5.74) is 0.846. The van der Waals surface area contributed by atoms with Crippen molar-refractivity contribution in [2.75, 3.05) is 13.1 Å². The van der Waals surface area contributed by atoms with Crippen molar-refractivity contribution in [3.8, 4) is 11.9 Å². The van der Waals surface area contributed by atoms with E-state index in [4.69, 9.17) is 10.1 Å². The summed E-state index contributed by atoms with van der Waals surface area (Å²) in [6, 6.07) is 3.49. The Bertz CT molecular complexity index is 495. The van der Waals surface area contributed by atoms with Crippen LogP contribution in [0, 0.1) is 18.3 Å². The van der Waals surface area contributed by atoms with E-state index in [0.29, 0.717) is 17.0 Å². The van der Waals surface area contributed by atoms with Crippen LogP contribution in [0.2, 0.25) is 0 Å². The average molecular weight is 234 g/mol. The van der Waals surface area contributed by atoms with Gasteiger partial charge < -0.3 is 0 Å². The van der Waals surface area contributed by atoms with Crippen molar-refractivity contribution in [3.63, 3.8) is 0 Å². The van der Waals surface area contributed by atoms with Crippen molar-refractivity contribution >= 4 is 0 Å². The van der Waals surface area contributed by atoms with Crippen LogP contribution in [-0.2, 0) is 0 Å². The summed E-state index contributed by atoms with van der Waals surface area (Å²) >= 11 is 0. The number of aryl methyl sites for hydroxylation is 1. The molecule has 0 unspecified atom stereocenters. The highest BCUT2D eigenvalue weighted by molar-refractivity contribution is 5.43. The van der Waals surface area contributed by atoms with Crippen molar-refractivity contribution in [2.24, 2.45) is 0 Å². The van der Waals surface area contributed by atoms with Crippen LogP contribution in [0.15, 0.2) is 10.9 Å². The van der Waals surface area contributed by atoms with E-state index < -0.39 is 0 Å². The Morgan fingerprint density at radius 1 is 1.41 bits per heavy atom. The van der Waals surface area contributed by atoms with Crippen LogP contribution in [0.3, 0.4) is 0 Å². The van der Waals surface area contributed by atoms with E-state index in [2.05, 4.69) is 11.1 Å². The zero-order valence-electron chi connectivity index (χ0n) is 9.88. The van der Waals surface area contributed by atoms with Gasteiger partial charge >= 0.3 is 0 Å². The van der Waals surface area contributed by atoms with Crippen LogP contribution in [0.1, 0.15) is 30.4 Å². The molecule has 2 rings (SSSR count). The van der Waals surface area contributed by atoms with Gasteiger partial charge in [-0.1, -0.05) is 0 Å². The van der Waals surface area contributed by atoms with E-state index >= 15 is 0 Å². The number of aromatic nitrogens is 1. The molecule has 17 heavy (non-hydrogen) atoms. The van der Waals surface area contributed by atoms with E-state index in [1.54, 1.807) is 6.92 Å². The number of aromatic amines is 1. The average Bonchev–Trinajstić information content (AvgIpc) is 2.30. The molecule has 1 aromatic rings. The fourth-order valence-electron chi connectivity index (χ4n) is 2.07. The molecule has 0 aromatic carbocycles. The van der Waals surface area contributed by atoms with Gasteiger partial charge in [-0.15, -0.1) is 5.06 Å². The third-order valence-electron chi connectivity index (χ3n) is 2.98. The molecule has 0 amide bonds. The highest BCUT2D eigenvalue weighted by Crippen LogP contribution is 2.14. The molecule has 1 saturated heterocycles. The van der Waals surface area contributed by atoms with E-state index in [1.165, 1.54) is 12.5 Å². The number of quaternary nitrogens is 1. The molecule has 1 aliphatic rings. The molecule has 0 bridgehead atoms. The van der Waals surface area contributed by atoms with Gasteiger partial charge in [0.1, 0.15) is 24.7 Å². The zero-order valence-corrected chi connectivity index (χ0v) is 9.88. The Kier molecular flexibility index (Phi) is 3.45. The smallest absolute Gasteiger partial charge is 0.280 e. The van der Waals surface area contributed by atoms with Crippen LogP contribution in [0.4, 0.5) is 0 Å². The van der Waals surface area contributed by atoms with Gasteiger partial charge in [-0.05, 0) is 18.9 Å². The molecular weight excluding hydrogens is 218 g/mol. The Balaban J connectivity index is 2.25. The summed E-state index contributed by atoms with van der Waals surface area (Å²) in [5, 5.41) is 10.0. The first-order valence-electron chi connectivity index (χ1n) is 5.87. The van der Waals surface area contributed by atoms with Crippen LogP contribution < -0.4 is 15.5 Å². The third-order valence-corrected chi connectivity index (χ3v) is 2.98. The lowest BCUT2D eigenvalue weighted by molar-refractivity contribution is -1.07. The number of piperidine rings is 1. The maximum Gasteiger partial charge on any atom is 0.280 e. The molecule has 0 radical (unpaired) electrons. The second-order valence-corrected chi connectivity index (χ2v) is 4.33. The lowest BCUT2D eigenvalue weighted by atomic mass is 10.1. The molecule has 5 heteroatoms.